The molecular weight excluding hydrogens is 254 g/mol. The Bertz CT molecular complexity index is 375. The van der Waals surface area contributed by atoms with Gasteiger partial charge in [-0.2, -0.15) is 0 Å². The third-order valence-corrected chi connectivity index (χ3v) is 4.75. The van der Waals surface area contributed by atoms with Crippen LogP contribution >= 0.6 is 11.3 Å². The first-order valence-electron chi connectivity index (χ1n) is 7.43. The van der Waals surface area contributed by atoms with Crippen molar-refractivity contribution in [1.29, 1.82) is 0 Å². The maximum absolute atomic E-state index is 4.69. The smallest absolute Gasteiger partial charge is 0.107 e. The molecule has 0 saturated carbocycles. The van der Waals surface area contributed by atoms with Gasteiger partial charge in [-0.25, -0.2) is 4.98 Å². The second-order valence-electron chi connectivity index (χ2n) is 6.13. The minimum absolute atomic E-state index is 0.681. The molecule has 19 heavy (non-hydrogen) atoms. The Hall–Kier alpha value is -0.450. The predicted octanol–water partition coefficient (Wildman–Crippen LogP) is 2.97. The van der Waals surface area contributed by atoms with Crippen molar-refractivity contribution in [1.82, 2.24) is 15.2 Å². The highest BCUT2D eigenvalue weighted by atomic mass is 32.1. The van der Waals surface area contributed by atoms with Crippen LogP contribution in [0.4, 0.5) is 0 Å². The first-order chi connectivity index (χ1) is 9.04. The first kappa shape index (κ1) is 14.9. The monoisotopic (exact) mass is 281 g/mol. The molecular formula is C15H27N3S. The second kappa shape index (κ2) is 6.82. The van der Waals surface area contributed by atoms with Crippen molar-refractivity contribution in [2.45, 2.75) is 53.1 Å². The van der Waals surface area contributed by atoms with Gasteiger partial charge in [0.1, 0.15) is 5.01 Å². The summed E-state index contributed by atoms with van der Waals surface area (Å²) in [5.74, 6) is 0.712. The molecule has 0 radical (unpaired) electrons. The quantitative estimate of drug-likeness (QED) is 0.869. The predicted molar refractivity (Wildman–Crippen MR) is 82.7 cm³/mol. The van der Waals surface area contributed by atoms with Gasteiger partial charge in [-0.3, -0.25) is 4.90 Å². The Labute approximate surface area is 121 Å². The highest BCUT2D eigenvalue weighted by Gasteiger charge is 2.19. The van der Waals surface area contributed by atoms with Crippen molar-refractivity contribution in [2.24, 2.45) is 5.92 Å². The number of nitrogens with zero attached hydrogens (tertiary/aromatic N) is 2. The van der Waals surface area contributed by atoms with Crippen LogP contribution in [0.5, 0.6) is 0 Å². The average Bonchev–Trinajstić information content (AvgIpc) is 2.89. The number of thiazole rings is 1. The van der Waals surface area contributed by atoms with Crippen LogP contribution in [0, 0.1) is 19.8 Å². The first-order valence-corrected chi connectivity index (χ1v) is 8.25. The average molecular weight is 281 g/mol. The van der Waals surface area contributed by atoms with E-state index in [1.807, 2.05) is 11.3 Å². The van der Waals surface area contributed by atoms with Crippen LogP contribution in [0.1, 0.15) is 42.3 Å². The normalized spacial score (nSPS) is 19.8. The number of aromatic nitrogens is 1. The third-order valence-electron chi connectivity index (χ3n) is 3.70. The van der Waals surface area contributed by atoms with Crippen molar-refractivity contribution < 1.29 is 0 Å². The fourth-order valence-electron chi connectivity index (χ4n) is 2.74. The molecule has 4 heteroatoms. The van der Waals surface area contributed by atoms with Gasteiger partial charge in [0.25, 0.3) is 0 Å². The van der Waals surface area contributed by atoms with E-state index < -0.39 is 0 Å². The second-order valence-corrected chi connectivity index (χ2v) is 7.42. The minimum Gasteiger partial charge on any atom is -0.313 e. The molecule has 0 amide bonds. The molecule has 2 rings (SSSR count). The maximum atomic E-state index is 4.69. The van der Waals surface area contributed by atoms with E-state index in [1.54, 1.807) is 0 Å². The summed E-state index contributed by atoms with van der Waals surface area (Å²) in [6.45, 7) is 13.4. The van der Waals surface area contributed by atoms with Crippen LogP contribution in [-0.4, -0.2) is 35.6 Å². The lowest BCUT2D eigenvalue weighted by atomic mass is 10.1. The molecule has 1 fully saturated rings. The number of nitrogens with one attached hydrogen (secondary N) is 1. The zero-order valence-corrected chi connectivity index (χ0v) is 13.5. The lowest BCUT2D eigenvalue weighted by Crippen LogP contribution is -2.38. The molecule has 108 valence electrons. The SMILES string of the molecule is Cc1nc(CN(CC(C)C)CC2CCCN2)sc1C. The summed E-state index contributed by atoms with van der Waals surface area (Å²) in [7, 11) is 0. The number of hydrogen-bond acceptors (Lipinski definition) is 4. The largest absolute Gasteiger partial charge is 0.313 e. The molecule has 1 atom stereocenters. The molecule has 1 aliphatic heterocycles. The van der Waals surface area contributed by atoms with Gasteiger partial charge in [0.05, 0.1) is 12.2 Å². The van der Waals surface area contributed by atoms with Crippen LogP contribution in [-0.2, 0) is 6.54 Å². The van der Waals surface area contributed by atoms with Crippen molar-refractivity contribution in [3.63, 3.8) is 0 Å². The lowest BCUT2D eigenvalue weighted by Gasteiger charge is -2.26. The number of hydrogen-bond donors (Lipinski definition) is 1. The molecule has 1 saturated heterocycles. The van der Waals surface area contributed by atoms with Gasteiger partial charge in [-0.1, -0.05) is 13.8 Å². The van der Waals surface area contributed by atoms with E-state index in [0.29, 0.717) is 12.0 Å². The van der Waals surface area contributed by atoms with E-state index in [2.05, 4.69) is 42.9 Å². The third kappa shape index (κ3) is 4.55. The summed E-state index contributed by atoms with van der Waals surface area (Å²) >= 11 is 1.85. The summed E-state index contributed by atoms with van der Waals surface area (Å²) in [5, 5.41) is 4.88. The summed E-state index contributed by atoms with van der Waals surface area (Å²) in [6.07, 6.45) is 2.65. The highest BCUT2D eigenvalue weighted by Crippen LogP contribution is 2.19. The zero-order valence-electron chi connectivity index (χ0n) is 12.7. The van der Waals surface area contributed by atoms with E-state index >= 15 is 0 Å². The molecule has 1 aliphatic rings. The molecule has 1 aromatic heterocycles. The van der Waals surface area contributed by atoms with E-state index in [9.17, 15) is 0 Å². The Morgan fingerprint density at radius 2 is 2.21 bits per heavy atom. The standard InChI is InChI=1S/C15H27N3S/c1-11(2)8-18(9-14-6-5-7-16-14)10-15-17-12(3)13(4)19-15/h11,14,16H,5-10H2,1-4H3. The van der Waals surface area contributed by atoms with Crippen LogP contribution in [0.2, 0.25) is 0 Å². The molecule has 0 aliphatic carbocycles. The lowest BCUT2D eigenvalue weighted by molar-refractivity contribution is 0.216. The van der Waals surface area contributed by atoms with Gasteiger partial charge in [-0.15, -0.1) is 11.3 Å². The topological polar surface area (TPSA) is 28.2 Å². The molecule has 0 spiro atoms. The van der Waals surface area contributed by atoms with E-state index in [0.717, 1.165) is 19.6 Å². The van der Waals surface area contributed by atoms with Crippen molar-refractivity contribution in [2.75, 3.05) is 19.6 Å². The Kier molecular flexibility index (Phi) is 5.37. The van der Waals surface area contributed by atoms with Gasteiger partial charge < -0.3 is 5.32 Å². The van der Waals surface area contributed by atoms with Gasteiger partial charge in [0.15, 0.2) is 0 Å². The Morgan fingerprint density at radius 3 is 2.74 bits per heavy atom. The Balaban J connectivity index is 1.95. The Morgan fingerprint density at radius 1 is 1.42 bits per heavy atom. The zero-order chi connectivity index (χ0) is 13.8. The fourth-order valence-corrected chi connectivity index (χ4v) is 3.72. The molecule has 1 unspecified atom stereocenters. The van der Waals surface area contributed by atoms with Gasteiger partial charge >= 0.3 is 0 Å². The molecule has 0 aromatic carbocycles. The number of rotatable bonds is 6. The summed E-state index contributed by atoms with van der Waals surface area (Å²) < 4.78 is 0. The van der Waals surface area contributed by atoms with Crippen molar-refractivity contribution in [3.8, 4) is 0 Å². The van der Waals surface area contributed by atoms with Gasteiger partial charge in [-0.05, 0) is 39.2 Å². The summed E-state index contributed by atoms with van der Waals surface area (Å²) in [4.78, 5) is 8.62. The van der Waals surface area contributed by atoms with E-state index in [4.69, 9.17) is 0 Å². The summed E-state index contributed by atoms with van der Waals surface area (Å²) in [6, 6.07) is 0.681. The van der Waals surface area contributed by atoms with E-state index in [-0.39, 0.29) is 0 Å². The van der Waals surface area contributed by atoms with Crippen molar-refractivity contribution in [3.05, 3.63) is 15.6 Å². The maximum Gasteiger partial charge on any atom is 0.107 e. The fraction of sp³-hybridized carbons (Fsp3) is 0.800. The molecule has 0 bridgehead atoms. The van der Waals surface area contributed by atoms with Crippen LogP contribution < -0.4 is 5.32 Å². The summed E-state index contributed by atoms with van der Waals surface area (Å²) in [5.41, 5.74) is 1.20. The molecule has 1 aromatic rings. The molecule has 2 heterocycles. The highest BCUT2D eigenvalue weighted by molar-refractivity contribution is 7.11. The molecule has 1 N–H and O–H groups in total. The van der Waals surface area contributed by atoms with E-state index in [1.165, 1.54) is 35.0 Å². The number of aryl methyl sites for hydroxylation is 2. The van der Waals surface area contributed by atoms with Crippen LogP contribution in [0.25, 0.3) is 0 Å². The molecule has 3 nitrogen and oxygen atoms in total. The van der Waals surface area contributed by atoms with Gasteiger partial charge in [0, 0.05) is 24.0 Å². The van der Waals surface area contributed by atoms with Gasteiger partial charge in [0.2, 0.25) is 0 Å². The van der Waals surface area contributed by atoms with Crippen LogP contribution in [0.15, 0.2) is 0 Å². The van der Waals surface area contributed by atoms with Crippen LogP contribution in [0.3, 0.4) is 0 Å². The minimum atomic E-state index is 0.681. The van der Waals surface area contributed by atoms with Crippen molar-refractivity contribution >= 4 is 11.3 Å².